The Morgan fingerprint density at radius 2 is 1.45 bits per heavy atom. The number of Topliss-reactive ketones (excluding diaryl/α,β-unsaturated/α-hetero) is 3. The molecule has 2 heterocycles. The largest absolute Gasteiger partial charge is 0.373 e. The molecule has 2 N–H and O–H groups in total. The summed E-state index contributed by atoms with van der Waals surface area (Å²) in [5, 5.41) is 0. The number of ketones is 3. The molecular formula is C42H69N3O6. The van der Waals surface area contributed by atoms with Gasteiger partial charge in [0.15, 0.2) is 5.78 Å². The number of carbonyl (C=O) groups excluding carboxylic acids is 5. The van der Waals surface area contributed by atoms with E-state index in [0.29, 0.717) is 31.7 Å². The highest BCUT2D eigenvalue weighted by Crippen LogP contribution is 2.88. The van der Waals surface area contributed by atoms with E-state index < -0.39 is 35.0 Å². The Balaban J connectivity index is 1.38. The molecule has 5 fully saturated rings. The van der Waals surface area contributed by atoms with Gasteiger partial charge in [-0.05, 0) is 73.0 Å². The molecule has 2 aliphatic heterocycles. The van der Waals surface area contributed by atoms with Crippen LogP contribution in [0.25, 0.3) is 0 Å². The normalized spacial score (nSPS) is 30.7. The molecule has 0 bridgehead atoms. The van der Waals surface area contributed by atoms with Crippen LogP contribution in [0.15, 0.2) is 0 Å². The van der Waals surface area contributed by atoms with Gasteiger partial charge in [-0.3, -0.25) is 28.9 Å². The molecule has 51 heavy (non-hydrogen) atoms. The van der Waals surface area contributed by atoms with Gasteiger partial charge in [-0.1, -0.05) is 81.1 Å². The molecule has 0 aromatic heterocycles. The van der Waals surface area contributed by atoms with E-state index in [0.717, 1.165) is 58.2 Å². The number of carbonyl (C=O) groups is 5. The topological polar surface area (TPSA) is 127 Å². The predicted molar refractivity (Wildman–Crippen MR) is 198 cm³/mol. The van der Waals surface area contributed by atoms with Crippen LogP contribution in [0.3, 0.4) is 0 Å². The van der Waals surface area contributed by atoms with Crippen LogP contribution in [0.5, 0.6) is 0 Å². The second kappa shape index (κ2) is 14.3. The number of nitrogens with two attached hydrogens (primary N) is 1. The predicted octanol–water partition coefficient (Wildman–Crippen LogP) is 6.39. The number of primary amides is 1. The highest BCUT2D eigenvalue weighted by Gasteiger charge is 2.85. The Bertz CT molecular complexity index is 1360. The average Bonchev–Trinajstić information content (AvgIpc) is 3.18. The van der Waals surface area contributed by atoms with Crippen LogP contribution in [0.4, 0.5) is 0 Å². The summed E-state index contributed by atoms with van der Waals surface area (Å²) in [5.41, 5.74) is 4.81. The van der Waals surface area contributed by atoms with Crippen molar-refractivity contribution < 1.29 is 28.7 Å². The Morgan fingerprint density at radius 1 is 0.843 bits per heavy atom. The van der Waals surface area contributed by atoms with Crippen molar-refractivity contribution in [3.05, 3.63) is 0 Å². The molecule has 7 atom stereocenters. The fraction of sp³-hybridized carbons (Fsp3) is 0.881. The summed E-state index contributed by atoms with van der Waals surface area (Å²) in [6.45, 7) is 24.4. The summed E-state index contributed by atoms with van der Waals surface area (Å²) < 4.78 is 5.97. The first-order valence-electron chi connectivity index (χ1n) is 20.1. The van der Waals surface area contributed by atoms with Crippen LogP contribution in [0, 0.1) is 50.7 Å². The smallest absolute Gasteiger partial charge is 0.285 e. The van der Waals surface area contributed by atoms with E-state index in [-0.39, 0.29) is 70.1 Å². The summed E-state index contributed by atoms with van der Waals surface area (Å²) in [6, 6.07) is -0.672. The van der Waals surface area contributed by atoms with Crippen molar-refractivity contribution in [2.75, 3.05) is 26.2 Å². The van der Waals surface area contributed by atoms with Gasteiger partial charge in [0.05, 0.1) is 18.2 Å². The molecule has 3 saturated carbocycles. The molecule has 288 valence electrons. The first kappa shape index (κ1) is 40.1. The molecule has 0 aromatic carbocycles. The van der Waals surface area contributed by atoms with E-state index in [2.05, 4.69) is 53.4 Å². The maximum absolute atomic E-state index is 15.0. The number of likely N-dealkylation sites (tertiary alicyclic amines) is 1. The zero-order valence-corrected chi connectivity index (χ0v) is 33.6. The van der Waals surface area contributed by atoms with E-state index in [1.807, 2.05) is 25.7 Å². The maximum Gasteiger partial charge on any atom is 0.285 e. The zero-order valence-electron chi connectivity index (χ0n) is 33.6. The SMILES string of the molecule is C[C@@H]1CN(C[C@@H](CC(=O)C[C@H](C(=O)N2C[C@]3(C[C@H]2C(=O)CC(CC2CCC2)C(=O)C(N)=O)C(C)(C)C32CCC2)C(C)(C)C)C(C)(C)C)C[C@H](C)O1. The zero-order chi connectivity index (χ0) is 37.9. The second-order valence-corrected chi connectivity index (χ2v) is 20.4. The quantitative estimate of drug-likeness (QED) is 0.207. The average molecular weight is 712 g/mol. The van der Waals surface area contributed by atoms with E-state index in [9.17, 15) is 24.0 Å². The van der Waals surface area contributed by atoms with E-state index in [1.165, 1.54) is 0 Å². The molecule has 5 aliphatic rings. The minimum absolute atomic E-state index is 0.0123. The third-order valence-corrected chi connectivity index (χ3v) is 14.8. The minimum Gasteiger partial charge on any atom is -0.373 e. The first-order valence-corrected chi connectivity index (χ1v) is 20.1. The van der Waals surface area contributed by atoms with Crippen molar-refractivity contribution in [2.24, 2.45) is 56.5 Å². The summed E-state index contributed by atoms with van der Waals surface area (Å²) in [7, 11) is 0. The van der Waals surface area contributed by atoms with Gasteiger partial charge in [0.1, 0.15) is 5.78 Å². The molecule has 1 unspecified atom stereocenters. The molecule has 9 heteroatoms. The lowest BCUT2D eigenvalue weighted by Gasteiger charge is -2.41. The summed E-state index contributed by atoms with van der Waals surface area (Å²) in [4.78, 5) is 72.9. The molecule has 2 amide bonds. The second-order valence-electron chi connectivity index (χ2n) is 20.4. The third kappa shape index (κ3) is 7.63. The number of morpholine rings is 1. The van der Waals surface area contributed by atoms with Gasteiger partial charge < -0.3 is 15.4 Å². The van der Waals surface area contributed by atoms with Gasteiger partial charge in [0.25, 0.3) is 5.91 Å². The molecule has 0 radical (unpaired) electrons. The Hall–Kier alpha value is -2.13. The molecule has 3 aliphatic carbocycles. The van der Waals surface area contributed by atoms with Crippen LogP contribution in [0.1, 0.15) is 140 Å². The number of rotatable bonds is 14. The molecule has 0 aromatic rings. The molecule has 5 rings (SSSR count). The molecular weight excluding hydrogens is 642 g/mol. The van der Waals surface area contributed by atoms with E-state index >= 15 is 0 Å². The fourth-order valence-corrected chi connectivity index (χ4v) is 11.1. The van der Waals surface area contributed by atoms with Crippen LogP contribution in [-0.2, 0) is 28.7 Å². The van der Waals surface area contributed by atoms with Gasteiger partial charge in [-0.15, -0.1) is 0 Å². The summed E-state index contributed by atoms with van der Waals surface area (Å²) in [5.74, 6) is -2.73. The number of amides is 2. The van der Waals surface area contributed by atoms with Crippen molar-refractivity contribution in [1.29, 1.82) is 0 Å². The Kier molecular flexibility index (Phi) is 11.2. The fourth-order valence-electron chi connectivity index (χ4n) is 11.1. The highest BCUT2D eigenvalue weighted by atomic mass is 16.5. The number of fused-ring (bicyclic) bond motifs is 1. The highest BCUT2D eigenvalue weighted by molar-refractivity contribution is 6.36. The van der Waals surface area contributed by atoms with Crippen LogP contribution < -0.4 is 5.73 Å². The van der Waals surface area contributed by atoms with Gasteiger partial charge in [0.2, 0.25) is 11.7 Å². The van der Waals surface area contributed by atoms with E-state index in [4.69, 9.17) is 10.5 Å². The summed E-state index contributed by atoms with van der Waals surface area (Å²) in [6.07, 6.45) is 8.26. The lowest BCUT2D eigenvalue weighted by atomic mass is 9.73. The van der Waals surface area contributed by atoms with Crippen molar-refractivity contribution in [3.63, 3.8) is 0 Å². The van der Waals surface area contributed by atoms with Crippen LogP contribution in [-0.4, -0.2) is 83.4 Å². The van der Waals surface area contributed by atoms with Gasteiger partial charge in [-0.25, -0.2) is 0 Å². The van der Waals surface area contributed by atoms with Crippen molar-refractivity contribution in [3.8, 4) is 0 Å². The maximum atomic E-state index is 15.0. The minimum atomic E-state index is -0.989. The molecule has 2 spiro atoms. The molecule has 2 saturated heterocycles. The first-order chi connectivity index (χ1) is 23.5. The standard InChI is InChI=1S/C42H69N3O6/c1-26-22-44(23-27(2)51-26)24-30(38(3,4)5)19-31(46)20-32(39(6,7)8)37(50)45-25-42(40(9,10)41(42)15-12-16-41)21-33(45)34(47)18-29(35(48)36(43)49)17-28-13-11-14-28/h26-30,32-33H,11-25H2,1-10H3,(H2,43,49)/t26-,27+,29?,30-,32-,33+,42-/m1/s1. The Morgan fingerprint density at radius 3 is 1.90 bits per heavy atom. The van der Waals surface area contributed by atoms with Crippen LogP contribution in [0.2, 0.25) is 0 Å². The van der Waals surface area contributed by atoms with Crippen LogP contribution >= 0.6 is 0 Å². The number of nitrogens with zero attached hydrogens (tertiary/aromatic N) is 2. The lowest BCUT2D eigenvalue weighted by molar-refractivity contribution is -0.147. The van der Waals surface area contributed by atoms with E-state index in [1.54, 1.807) is 0 Å². The third-order valence-electron chi connectivity index (χ3n) is 14.8. The van der Waals surface area contributed by atoms with Gasteiger partial charge in [0, 0.05) is 62.7 Å². The Labute approximate surface area is 307 Å². The number of hydrogen-bond donors (Lipinski definition) is 1. The number of ether oxygens (including phenoxy) is 1. The number of hydrogen-bond acceptors (Lipinski definition) is 7. The lowest BCUT2D eigenvalue weighted by Crippen LogP contribution is -2.49. The van der Waals surface area contributed by atoms with Gasteiger partial charge >= 0.3 is 0 Å². The van der Waals surface area contributed by atoms with Gasteiger partial charge in [-0.2, -0.15) is 0 Å². The molecule has 9 nitrogen and oxygen atoms in total. The van der Waals surface area contributed by atoms with Crippen molar-refractivity contribution in [2.45, 2.75) is 158 Å². The van der Waals surface area contributed by atoms with Crippen molar-refractivity contribution >= 4 is 29.2 Å². The summed E-state index contributed by atoms with van der Waals surface area (Å²) >= 11 is 0. The van der Waals surface area contributed by atoms with Crippen molar-refractivity contribution in [1.82, 2.24) is 9.80 Å². The monoisotopic (exact) mass is 712 g/mol.